The van der Waals surface area contributed by atoms with Crippen LogP contribution in [-0.2, 0) is 11.5 Å². The average molecular weight is 435 g/mol. The molecule has 1 fully saturated rings. The summed E-state index contributed by atoms with van der Waals surface area (Å²) in [5.74, 6) is 0.332. The van der Waals surface area contributed by atoms with Gasteiger partial charge in [0.2, 0.25) is 0 Å². The van der Waals surface area contributed by atoms with Gasteiger partial charge in [0, 0.05) is 34.0 Å². The first-order valence-corrected chi connectivity index (χ1v) is 13.9. The Balaban J connectivity index is 1.51. The Kier molecular flexibility index (Phi) is 6.93. The van der Waals surface area contributed by atoms with Crippen molar-refractivity contribution in [1.29, 1.82) is 0 Å². The minimum atomic E-state index is -1.12. The number of nitrogens with one attached hydrogen (secondary N) is 2. The van der Waals surface area contributed by atoms with Crippen LogP contribution in [0.25, 0.3) is 11.2 Å². The number of urea groups is 1. The lowest BCUT2D eigenvalue weighted by Crippen LogP contribution is -2.43. The van der Waals surface area contributed by atoms with Crippen LogP contribution >= 0.6 is 0 Å². The highest BCUT2D eigenvalue weighted by molar-refractivity contribution is 6.76. The molecule has 0 aromatic carbocycles. The first kappa shape index (κ1) is 22.0. The summed E-state index contributed by atoms with van der Waals surface area (Å²) < 4.78 is 7.65. The second kappa shape index (κ2) is 9.43. The molecule has 1 atom stereocenters. The number of likely N-dealkylation sites (tertiary alicyclic amines) is 1. The van der Waals surface area contributed by atoms with E-state index >= 15 is 0 Å². The quantitative estimate of drug-likeness (QED) is 0.434. The van der Waals surface area contributed by atoms with Gasteiger partial charge in [-0.15, -0.1) is 0 Å². The highest BCUT2D eigenvalue weighted by atomic mass is 28.3. The average Bonchev–Trinajstić information content (AvgIpc) is 3.29. The molecule has 3 heterocycles. The van der Waals surface area contributed by atoms with Crippen molar-refractivity contribution in [3.8, 4) is 0 Å². The molecule has 1 saturated heterocycles. The molecule has 0 spiro atoms. The van der Waals surface area contributed by atoms with E-state index in [0.29, 0.717) is 30.3 Å². The third-order valence-corrected chi connectivity index (χ3v) is 6.76. The standard InChI is InChI=1S/C19H30N6O4Si/c1-30(2,3)10-9-29-13-24-8-6-15-17(24)20-12-16(22-15)23-18(26)21-11-14-5-4-7-25(14)19(27)28/h6,8,12,14H,4-5,7,9-11,13H2,1-3H3,(H,27,28)(H2,21,22,23,26). The van der Waals surface area contributed by atoms with E-state index in [-0.39, 0.29) is 12.6 Å². The first-order valence-electron chi connectivity index (χ1n) is 10.2. The van der Waals surface area contributed by atoms with E-state index in [1.807, 2.05) is 16.8 Å². The maximum atomic E-state index is 12.2. The maximum Gasteiger partial charge on any atom is 0.407 e. The molecule has 164 valence electrons. The summed E-state index contributed by atoms with van der Waals surface area (Å²) in [4.78, 5) is 33.5. The third-order valence-electron chi connectivity index (χ3n) is 5.05. The van der Waals surface area contributed by atoms with Crippen molar-refractivity contribution in [1.82, 2.24) is 24.8 Å². The van der Waals surface area contributed by atoms with Gasteiger partial charge in [0.1, 0.15) is 12.2 Å². The number of hydrogen-bond acceptors (Lipinski definition) is 5. The highest BCUT2D eigenvalue weighted by Gasteiger charge is 2.28. The fraction of sp³-hybridized carbons (Fsp3) is 0.579. The van der Waals surface area contributed by atoms with Crippen LogP contribution in [0.4, 0.5) is 15.4 Å². The van der Waals surface area contributed by atoms with Gasteiger partial charge in [-0.1, -0.05) is 19.6 Å². The number of nitrogens with zero attached hydrogens (tertiary/aromatic N) is 4. The van der Waals surface area contributed by atoms with Gasteiger partial charge >= 0.3 is 12.1 Å². The number of aromatic nitrogens is 3. The second-order valence-electron chi connectivity index (χ2n) is 8.70. The number of hydrogen-bond donors (Lipinski definition) is 3. The Morgan fingerprint density at radius 2 is 2.17 bits per heavy atom. The molecule has 30 heavy (non-hydrogen) atoms. The fourth-order valence-corrected chi connectivity index (χ4v) is 4.09. The summed E-state index contributed by atoms with van der Waals surface area (Å²) >= 11 is 0. The van der Waals surface area contributed by atoms with Crippen molar-refractivity contribution in [2.75, 3.05) is 25.0 Å². The van der Waals surface area contributed by atoms with Crippen molar-refractivity contribution in [2.45, 2.75) is 51.3 Å². The topological polar surface area (TPSA) is 122 Å². The van der Waals surface area contributed by atoms with Crippen LogP contribution in [0.15, 0.2) is 18.5 Å². The molecule has 2 aromatic heterocycles. The van der Waals surface area contributed by atoms with Gasteiger partial charge < -0.3 is 24.6 Å². The lowest BCUT2D eigenvalue weighted by molar-refractivity contribution is 0.0899. The van der Waals surface area contributed by atoms with Crippen molar-refractivity contribution in [3.05, 3.63) is 18.5 Å². The minimum absolute atomic E-state index is 0.197. The van der Waals surface area contributed by atoms with Gasteiger partial charge in [-0.2, -0.15) is 0 Å². The number of fused-ring (bicyclic) bond motifs is 1. The zero-order valence-corrected chi connectivity index (χ0v) is 18.7. The molecule has 0 aliphatic carbocycles. The van der Waals surface area contributed by atoms with E-state index in [9.17, 15) is 9.59 Å². The number of amides is 3. The van der Waals surface area contributed by atoms with Gasteiger partial charge in [-0.25, -0.2) is 19.6 Å². The van der Waals surface area contributed by atoms with Crippen LogP contribution < -0.4 is 10.6 Å². The number of rotatable bonds is 8. The molecule has 0 bridgehead atoms. The zero-order valence-electron chi connectivity index (χ0n) is 17.7. The van der Waals surface area contributed by atoms with Crippen molar-refractivity contribution in [3.63, 3.8) is 0 Å². The van der Waals surface area contributed by atoms with E-state index in [4.69, 9.17) is 9.84 Å². The molecular weight excluding hydrogens is 404 g/mol. The molecule has 1 aliphatic rings. The number of ether oxygens (including phenoxy) is 1. The molecule has 10 nitrogen and oxygen atoms in total. The summed E-state index contributed by atoms with van der Waals surface area (Å²) in [6.45, 7) is 8.85. The van der Waals surface area contributed by atoms with Crippen LogP contribution in [0, 0.1) is 0 Å². The van der Waals surface area contributed by atoms with Crippen molar-refractivity contribution in [2.24, 2.45) is 0 Å². The summed E-state index contributed by atoms with van der Waals surface area (Å²) in [5.41, 5.74) is 1.35. The molecule has 0 saturated carbocycles. The molecule has 0 radical (unpaired) electrons. The summed E-state index contributed by atoms with van der Waals surface area (Å²) in [7, 11) is -1.12. The Morgan fingerprint density at radius 3 is 2.90 bits per heavy atom. The van der Waals surface area contributed by atoms with Crippen molar-refractivity contribution < 1.29 is 19.4 Å². The molecule has 3 amide bonds. The molecule has 1 aliphatic heterocycles. The number of carbonyl (C=O) groups is 2. The van der Waals surface area contributed by atoms with Crippen molar-refractivity contribution >= 4 is 37.2 Å². The van der Waals surface area contributed by atoms with Gasteiger partial charge in [-0.05, 0) is 25.0 Å². The van der Waals surface area contributed by atoms with Gasteiger partial charge in [0.05, 0.1) is 12.2 Å². The summed E-state index contributed by atoms with van der Waals surface area (Å²) in [6.07, 6.45) is 3.96. The zero-order chi connectivity index (χ0) is 21.7. The van der Waals surface area contributed by atoms with Crippen LogP contribution in [-0.4, -0.2) is 70.5 Å². The van der Waals surface area contributed by atoms with E-state index in [2.05, 4.69) is 40.2 Å². The summed E-state index contributed by atoms with van der Waals surface area (Å²) in [6, 6.07) is 2.30. The van der Waals surface area contributed by atoms with Crippen LogP contribution in [0.3, 0.4) is 0 Å². The van der Waals surface area contributed by atoms with Crippen LogP contribution in [0.5, 0.6) is 0 Å². The predicted molar refractivity (Wildman–Crippen MR) is 116 cm³/mol. The van der Waals surface area contributed by atoms with Gasteiger partial charge in [-0.3, -0.25) is 5.32 Å². The number of carbonyl (C=O) groups excluding carboxylic acids is 1. The molecule has 3 N–H and O–H groups in total. The molecule has 11 heteroatoms. The lowest BCUT2D eigenvalue weighted by Gasteiger charge is -2.21. The smallest absolute Gasteiger partial charge is 0.407 e. The van der Waals surface area contributed by atoms with E-state index < -0.39 is 20.2 Å². The van der Waals surface area contributed by atoms with Gasteiger partial charge in [0.15, 0.2) is 11.5 Å². The molecule has 1 unspecified atom stereocenters. The Labute approximate surface area is 176 Å². The van der Waals surface area contributed by atoms with Crippen LogP contribution in [0.2, 0.25) is 25.7 Å². The third kappa shape index (κ3) is 5.92. The lowest BCUT2D eigenvalue weighted by atomic mass is 10.2. The summed E-state index contributed by atoms with van der Waals surface area (Å²) in [5, 5.41) is 14.5. The Hall–Kier alpha value is -2.66. The number of anilines is 1. The maximum absolute atomic E-state index is 12.2. The van der Waals surface area contributed by atoms with E-state index in [0.717, 1.165) is 25.5 Å². The monoisotopic (exact) mass is 434 g/mol. The molecule has 2 aromatic rings. The first-order chi connectivity index (χ1) is 14.2. The van der Waals surface area contributed by atoms with E-state index in [1.165, 1.54) is 11.1 Å². The SMILES string of the molecule is C[Si](C)(C)CCOCn1ccc2nc(NC(=O)NCC3CCCN3C(=O)O)cnc21. The van der Waals surface area contributed by atoms with Gasteiger partial charge in [0.25, 0.3) is 0 Å². The second-order valence-corrected chi connectivity index (χ2v) is 14.3. The fourth-order valence-electron chi connectivity index (χ4n) is 3.34. The molecule has 3 rings (SSSR count). The molecular formula is C19H30N6O4Si. The van der Waals surface area contributed by atoms with Crippen LogP contribution in [0.1, 0.15) is 12.8 Å². The normalized spacial score (nSPS) is 16.8. The Morgan fingerprint density at radius 1 is 1.37 bits per heavy atom. The largest absolute Gasteiger partial charge is 0.465 e. The predicted octanol–water partition coefficient (Wildman–Crippen LogP) is 3.01. The van der Waals surface area contributed by atoms with E-state index in [1.54, 1.807) is 0 Å². The minimum Gasteiger partial charge on any atom is -0.465 e. The Bertz CT molecular complexity index is 897. The number of carboxylic acid groups (broad SMARTS) is 1. The highest BCUT2D eigenvalue weighted by Crippen LogP contribution is 2.17.